The summed E-state index contributed by atoms with van der Waals surface area (Å²) in [5, 5.41) is 11.3. The van der Waals surface area contributed by atoms with E-state index in [1.807, 2.05) is 35.9 Å². The number of nitro groups is 1. The van der Waals surface area contributed by atoms with Crippen LogP contribution in [-0.2, 0) is 7.05 Å². The van der Waals surface area contributed by atoms with Gasteiger partial charge in [-0.3, -0.25) is 30.6 Å². The molecule has 2 heterocycles. The molecule has 0 spiro atoms. The molecule has 0 radical (unpaired) electrons. The predicted octanol–water partition coefficient (Wildman–Crippen LogP) is 2.22. The van der Waals surface area contributed by atoms with Gasteiger partial charge in [0.1, 0.15) is 4.88 Å². The fourth-order valence-corrected chi connectivity index (χ4v) is 3.03. The second-order valence-electron chi connectivity index (χ2n) is 4.97. The van der Waals surface area contributed by atoms with Crippen molar-refractivity contribution in [3.05, 3.63) is 63.1 Å². The Morgan fingerprint density at radius 2 is 1.83 bits per heavy atom. The summed E-state index contributed by atoms with van der Waals surface area (Å²) in [6, 6.07) is 9.97. The SMILES string of the molecule is Cn1cc(C(=O)NNC(=O)c2ccc([N+](=O)[O-])s2)c2ccccc21. The van der Waals surface area contributed by atoms with Crippen molar-refractivity contribution in [3.63, 3.8) is 0 Å². The molecule has 2 amide bonds. The molecular weight excluding hydrogens is 332 g/mol. The number of nitrogens with one attached hydrogen (secondary N) is 2. The molecule has 0 aliphatic rings. The van der Waals surface area contributed by atoms with Gasteiger partial charge in [0, 0.05) is 30.2 Å². The van der Waals surface area contributed by atoms with Crippen molar-refractivity contribution in [2.24, 2.45) is 7.05 Å². The van der Waals surface area contributed by atoms with Crippen LogP contribution in [0.3, 0.4) is 0 Å². The molecule has 2 N–H and O–H groups in total. The van der Waals surface area contributed by atoms with Gasteiger partial charge >= 0.3 is 5.00 Å². The number of aromatic nitrogens is 1. The molecule has 0 unspecified atom stereocenters. The molecule has 0 atom stereocenters. The molecule has 9 heteroatoms. The minimum Gasteiger partial charge on any atom is -0.350 e. The lowest BCUT2D eigenvalue weighted by atomic mass is 10.2. The number of amides is 2. The van der Waals surface area contributed by atoms with E-state index in [1.54, 1.807) is 6.20 Å². The molecule has 8 nitrogen and oxygen atoms in total. The lowest BCUT2D eigenvalue weighted by Crippen LogP contribution is -2.41. The van der Waals surface area contributed by atoms with Gasteiger partial charge in [-0.1, -0.05) is 29.5 Å². The van der Waals surface area contributed by atoms with Crippen molar-refractivity contribution >= 4 is 39.1 Å². The summed E-state index contributed by atoms with van der Waals surface area (Å²) in [6.07, 6.45) is 1.67. The van der Waals surface area contributed by atoms with Crippen LogP contribution in [0.1, 0.15) is 20.0 Å². The van der Waals surface area contributed by atoms with Crippen LogP contribution < -0.4 is 10.9 Å². The first-order valence-corrected chi connectivity index (χ1v) is 7.68. The van der Waals surface area contributed by atoms with Crippen LogP contribution in [0, 0.1) is 10.1 Å². The lowest BCUT2D eigenvalue weighted by Gasteiger charge is -2.05. The van der Waals surface area contributed by atoms with Gasteiger partial charge in [0.2, 0.25) is 0 Å². The van der Waals surface area contributed by atoms with Gasteiger partial charge in [0.05, 0.1) is 10.5 Å². The summed E-state index contributed by atoms with van der Waals surface area (Å²) < 4.78 is 1.81. The highest BCUT2D eigenvalue weighted by Gasteiger charge is 2.17. The van der Waals surface area contributed by atoms with Gasteiger partial charge in [-0.05, 0) is 12.1 Å². The van der Waals surface area contributed by atoms with E-state index in [0.29, 0.717) is 5.56 Å². The highest BCUT2D eigenvalue weighted by Crippen LogP contribution is 2.23. The number of carbonyl (C=O) groups is 2. The zero-order valence-electron chi connectivity index (χ0n) is 12.5. The van der Waals surface area contributed by atoms with Gasteiger partial charge in [-0.25, -0.2) is 0 Å². The molecule has 122 valence electrons. The maximum absolute atomic E-state index is 12.3. The molecule has 2 aromatic heterocycles. The number of nitrogens with zero attached hydrogens (tertiary/aromatic N) is 2. The Kier molecular flexibility index (Phi) is 4.00. The number of rotatable bonds is 3. The molecule has 1 aromatic carbocycles. The third-order valence-corrected chi connectivity index (χ3v) is 4.46. The third kappa shape index (κ3) is 2.84. The van der Waals surface area contributed by atoms with Crippen molar-refractivity contribution in [1.29, 1.82) is 0 Å². The summed E-state index contributed by atoms with van der Waals surface area (Å²) >= 11 is 0.737. The molecule has 0 bridgehead atoms. The van der Waals surface area contributed by atoms with Crippen LogP contribution >= 0.6 is 11.3 Å². The second-order valence-corrected chi connectivity index (χ2v) is 6.04. The lowest BCUT2D eigenvalue weighted by molar-refractivity contribution is -0.380. The highest BCUT2D eigenvalue weighted by atomic mass is 32.1. The maximum Gasteiger partial charge on any atom is 0.324 e. The smallest absolute Gasteiger partial charge is 0.324 e. The Hall–Kier alpha value is -3.20. The molecular formula is C15H12N4O4S. The van der Waals surface area contributed by atoms with Crippen LogP contribution in [0.5, 0.6) is 0 Å². The van der Waals surface area contributed by atoms with E-state index in [4.69, 9.17) is 0 Å². The minimum atomic E-state index is -0.610. The summed E-state index contributed by atoms with van der Waals surface area (Å²) in [5.74, 6) is -1.08. The zero-order chi connectivity index (χ0) is 17.3. The summed E-state index contributed by atoms with van der Waals surface area (Å²) in [5.41, 5.74) is 5.90. The fraction of sp³-hybridized carbons (Fsp3) is 0.0667. The van der Waals surface area contributed by atoms with Crippen LogP contribution in [0.25, 0.3) is 10.9 Å². The quantitative estimate of drug-likeness (QED) is 0.561. The average Bonchev–Trinajstić information content (AvgIpc) is 3.18. The normalized spacial score (nSPS) is 10.5. The van der Waals surface area contributed by atoms with E-state index in [-0.39, 0.29) is 9.88 Å². The number of aryl methyl sites for hydroxylation is 1. The standard InChI is InChI=1S/C15H12N4O4S/c1-18-8-10(9-4-2-3-5-11(9)18)14(20)16-17-15(21)12-6-7-13(24-12)19(22)23/h2-8H,1H3,(H,16,20)(H,17,21). The summed E-state index contributed by atoms with van der Waals surface area (Å²) in [7, 11) is 1.82. The van der Waals surface area contributed by atoms with Crippen molar-refractivity contribution in [3.8, 4) is 0 Å². The van der Waals surface area contributed by atoms with Crippen molar-refractivity contribution in [2.45, 2.75) is 0 Å². The van der Waals surface area contributed by atoms with Crippen molar-refractivity contribution in [2.75, 3.05) is 0 Å². The Balaban J connectivity index is 1.72. The second kappa shape index (κ2) is 6.13. The zero-order valence-corrected chi connectivity index (χ0v) is 13.3. The number of benzene rings is 1. The molecule has 0 saturated heterocycles. The molecule has 3 rings (SSSR count). The van der Waals surface area contributed by atoms with Crippen LogP contribution in [-0.4, -0.2) is 21.3 Å². The molecule has 24 heavy (non-hydrogen) atoms. The van der Waals surface area contributed by atoms with Gasteiger partial charge < -0.3 is 4.57 Å². The Morgan fingerprint density at radius 3 is 2.54 bits per heavy atom. The first kappa shape index (κ1) is 15.7. The molecule has 3 aromatic rings. The van der Waals surface area contributed by atoms with Crippen molar-refractivity contribution < 1.29 is 14.5 Å². The summed E-state index contributed by atoms with van der Waals surface area (Å²) in [4.78, 5) is 34.4. The van der Waals surface area contributed by atoms with E-state index in [1.165, 1.54) is 12.1 Å². The molecule has 0 fully saturated rings. The van der Waals surface area contributed by atoms with Crippen LogP contribution in [0.2, 0.25) is 0 Å². The Morgan fingerprint density at radius 1 is 1.12 bits per heavy atom. The molecule has 0 saturated carbocycles. The van der Waals surface area contributed by atoms with Crippen molar-refractivity contribution in [1.82, 2.24) is 15.4 Å². The van der Waals surface area contributed by atoms with E-state index in [2.05, 4.69) is 10.9 Å². The van der Waals surface area contributed by atoms with E-state index in [9.17, 15) is 19.7 Å². The molecule has 0 aliphatic carbocycles. The monoisotopic (exact) mass is 344 g/mol. The average molecular weight is 344 g/mol. The number of carbonyl (C=O) groups excluding carboxylic acids is 2. The van der Waals surface area contributed by atoms with Crippen LogP contribution in [0.4, 0.5) is 5.00 Å². The van der Waals surface area contributed by atoms with E-state index < -0.39 is 16.7 Å². The predicted molar refractivity (Wildman–Crippen MR) is 88.8 cm³/mol. The number of hydrogen-bond acceptors (Lipinski definition) is 5. The largest absolute Gasteiger partial charge is 0.350 e. The number of para-hydroxylation sites is 1. The van der Waals surface area contributed by atoms with E-state index >= 15 is 0 Å². The van der Waals surface area contributed by atoms with Crippen LogP contribution in [0.15, 0.2) is 42.6 Å². The third-order valence-electron chi connectivity index (χ3n) is 3.43. The van der Waals surface area contributed by atoms with Gasteiger partial charge in [0.15, 0.2) is 0 Å². The number of fused-ring (bicyclic) bond motifs is 1. The number of hydrogen-bond donors (Lipinski definition) is 2. The summed E-state index contributed by atoms with van der Waals surface area (Å²) in [6.45, 7) is 0. The first-order chi connectivity index (χ1) is 11.5. The highest BCUT2D eigenvalue weighted by molar-refractivity contribution is 7.17. The molecule has 0 aliphatic heterocycles. The topological polar surface area (TPSA) is 106 Å². The minimum absolute atomic E-state index is 0.138. The van der Waals surface area contributed by atoms with Gasteiger partial charge in [-0.15, -0.1) is 0 Å². The number of hydrazine groups is 1. The fourth-order valence-electron chi connectivity index (χ4n) is 2.31. The van der Waals surface area contributed by atoms with Gasteiger partial charge in [0.25, 0.3) is 11.8 Å². The number of thiophene rings is 1. The van der Waals surface area contributed by atoms with E-state index in [0.717, 1.165) is 22.2 Å². The Labute approximate surface area is 139 Å². The first-order valence-electron chi connectivity index (χ1n) is 6.86. The maximum atomic E-state index is 12.3. The van der Waals surface area contributed by atoms with Gasteiger partial charge in [-0.2, -0.15) is 0 Å². The Bertz CT molecular complexity index is 959.